The number of amides is 1. The lowest BCUT2D eigenvalue weighted by Gasteiger charge is -2.04. The van der Waals surface area contributed by atoms with Crippen molar-refractivity contribution in [1.82, 2.24) is 15.5 Å². The van der Waals surface area contributed by atoms with Gasteiger partial charge < -0.3 is 16.2 Å². The third kappa shape index (κ3) is 4.72. The number of thioether (sulfide) groups is 1. The molecule has 0 aliphatic heterocycles. The fourth-order valence-electron chi connectivity index (χ4n) is 1.42. The van der Waals surface area contributed by atoms with Crippen molar-refractivity contribution in [1.29, 1.82) is 0 Å². The number of hydrogen-bond acceptors (Lipinski definition) is 7. The molecule has 9 heteroatoms. The molecule has 1 heterocycles. The highest BCUT2D eigenvalue weighted by atomic mass is 32.2. The molecular weight excluding hydrogens is 312 g/mol. The number of nitrogens with one attached hydrogen (secondary N) is 1. The zero-order valence-corrected chi connectivity index (χ0v) is 12.4. The Morgan fingerprint density at radius 3 is 2.57 bits per heavy atom. The summed E-state index contributed by atoms with van der Waals surface area (Å²) in [5.74, 6) is -0.892. The Labute approximate surface area is 128 Å². The van der Waals surface area contributed by atoms with Gasteiger partial charge >= 0.3 is 5.97 Å². The van der Waals surface area contributed by atoms with Gasteiger partial charge in [0, 0.05) is 6.54 Å². The minimum atomic E-state index is -0.974. The van der Waals surface area contributed by atoms with Crippen LogP contribution >= 0.6 is 23.1 Å². The molecule has 0 fully saturated rings. The molecule has 0 saturated carbocycles. The van der Waals surface area contributed by atoms with Crippen molar-refractivity contribution >= 4 is 40.1 Å². The number of aromatic carboxylic acids is 1. The summed E-state index contributed by atoms with van der Waals surface area (Å²) in [6.07, 6.45) is 0. The first-order valence-corrected chi connectivity index (χ1v) is 7.65. The molecule has 0 spiro atoms. The summed E-state index contributed by atoms with van der Waals surface area (Å²) < 4.78 is 0.647. The van der Waals surface area contributed by atoms with E-state index in [-0.39, 0.29) is 17.2 Å². The second kappa shape index (κ2) is 7.04. The Bertz CT molecular complexity index is 642. The summed E-state index contributed by atoms with van der Waals surface area (Å²) in [6, 6.07) is 6.34. The number of hydrogen-bond donors (Lipinski definition) is 3. The molecule has 4 N–H and O–H groups in total. The fourth-order valence-corrected chi connectivity index (χ4v) is 2.89. The van der Waals surface area contributed by atoms with Crippen molar-refractivity contribution in [3.8, 4) is 0 Å². The lowest BCUT2D eigenvalue weighted by Crippen LogP contribution is -2.24. The van der Waals surface area contributed by atoms with Gasteiger partial charge in [0.05, 0.1) is 11.3 Å². The summed E-state index contributed by atoms with van der Waals surface area (Å²) in [6.45, 7) is 0.345. The van der Waals surface area contributed by atoms with Crippen LogP contribution < -0.4 is 11.1 Å². The first kappa shape index (κ1) is 15.3. The van der Waals surface area contributed by atoms with Gasteiger partial charge in [-0.2, -0.15) is 0 Å². The highest BCUT2D eigenvalue weighted by Gasteiger charge is 2.07. The summed E-state index contributed by atoms with van der Waals surface area (Å²) in [5.41, 5.74) is 6.49. The molecule has 110 valence electrons. The molecule has 0 unspecified atom stereocenters. The van der Waals surface area contributed by atoms with Crippen molar-refractivity contribution < 1.29 is 14.7 Å². The highest BCUT2D eigenvalue weighted by Crippen LogP contribution is 2.22. The molecule has 2 rings (SSSR count). The second-order valence-electron chi connectivity index (χ2n) is 3.97. The molecule has 0 saturated heterocycles. The van der Waals surface area contributed by atoms with E-state index in [4.69, 9.17) is 10.8 Å². The predicted octanol–water partition coefficient (Wildman–Crippen LogP) is 1.23. The first-order chi connectivity index (χ1) is 10.0. The number of anilines is 1. The molecule has 1 aromatic carbocycles. The van der Waals surface area contributed by atoms with E-state index >= 15 is 0 Å². The average Bonchev–Trinajstić information content (AvgIpc) is 2.89. The maximum Gasteiger partial charge on any atom is 0.335 e. The van der Waals surface area contributed by atoms with Crippen molar-refractivity contribution in [2.45, 2.75) is 10.9 Å². The van der Waals surface area contributed by atoms with Gasteiger partial charge in [0.15, 0.2) is 4.34 Å². The maximum absolute atomic E-state index is 11.7. The number of benzene rings is 1. The largest absolute Gasteiger partial charge is 0.478 e. The fraction of sp³-hybridized carbons (Fsp3) is 0.167. The van der Waals surface area contributed by atoms with E-state index < -0.39 is 5.97 Å². The van der Waals surface area contributed by atoms with Gasteiger partial charge in [-0.3, -0.25) is 4.79 Å². The molecule has 1 aromatic heterocycles. The monoisotopic (exact) mass is 324 g/mol. The molecule has 1 amide bonds. The number of nitrogen functional groups attached to an aromatic ring is 1. The second-order valence-corrected chi connectivity index (χ2v) is 6.21. The third-order valence-corrected chi connectivity index (χ3v) is 4.33. The molecule has 0 bridgehead atoms. The Kier molecular flexibility index (Phi) is 5.12. The summed E-state index contributed by atoms with van der Waals surface area (Å²) in [7, 11) is 0. The smallest absolute Gasteiger partial charge is 0.335 e. The van der Waals surface area contributed by atoms with Crippen LogP contribution in [-0.2, 0) is 11.3 Å². The number of nitrogens with two attached hydrogens (primary N) is 1. The van der Waals surface area contributed by atoms with Crippen LogP contribution in [0.15, 0.2) is 28.6 Å². The van der Waals surface area contributed by atoms with Gasteiger partial charge in [-0.15, -0.1) is 10.2 Å². The van der Waals surface area contributed by atoms with E-state index in [0.29, 0.717) is 16.0 Å². The van der Waals surface area contributed by atoms with Crippen molar-refractivity contribution in [2.75, 3.05) is 11.5 Å². The van der Waals surface area contributed by atoms with E-state index in [9.17, 15) is 9.59 Å². The van der Waals surface area contributed by atoms with E-state index in [1.807, 2.05) is 0 Å². The lowest BCUT2D eigenvalue weighted by molar-refractivity contribution is -0.118. The summed E-state index contributed by atoms with van der Waals surface area (Å²) in [4.78, 5) is 22.4. The summed E-state index contributed by atoms with van der Waals surface area (Å²) >= 11 is 2.50. The first-order valence-electron chi connectivity index (χ1n) is 5.85. The highest BCUT2D eigenvalue weighted by molar-refractivity contribution is 8.01. The van der Waals surface area contributed by atoms with E-state index in [1.54, 1.807) is 12.1 Å². The van der Waals surface area contributed by atoms with Gasteiger partial charge in [0.25, 0.3) is 0 Å². The molecule has 21 heavy (non-hydrogen) atoms. The number of carboxylic acids is 1. The van der Waals surface area contributed by atoms with Crippen LogP contribution in [0.2, 0.25) is 0 Å². The van der Waals surface area contributed by atoms with Crippen LogP contribution in [0.3, 0.4) is 0 Å². The molecule has 7 nitrogen and oxygen atoms in total. The van der Waals surface area contributed by atoms with Crippen LogP contribution in [0.5, 0.6) is 0 Å². The predicted molar refractivity (Wildman–Crippen MR) is 80.3 cm³/mol. The molecule has 0 radical (unpaired) electrons. The quantitative estimate of drug-likeness (QED) is 0.684. The van der Waals surface area contributed by atoms with Crippen molar-refractivity contribution in [3.63, 3.8) is 0 Å². The maximum atomic E-state index is 11.7. The standard InChI is InChI=1S/C12H12N4O3S2/c13-11-15-16-12(21-11)20-6-9(17)14-5-7-1-3-8(4-2-7)10(18)19/h1-4H,5-6H2,(H2,13,15)(H,14,17)(H,18,19). The zero-order valence-electron chi connectivity index (χ0n) is 10.8. The number of carbonyl (C=O) groups is 2. The van der Waals surface area contributed by atoms with Gasteiger partial charge in [0.1, 0.15) is 0 Å². The Morgan fingerprint density at radius 1 is 1.29 bits per heavy atom. The number of nitrogens with zero attached hydrogens (tertiary/aromatic N) is 2. The Morgan fingerprint density at radius 2 is 2.00 bits per heavy atom. The third-order valence-electron chi connectivity index (χ3n) is 2.44. The van der Waals surface area contributed by atoms with E-state index in [0.717, 1.165) is 5.56 Å². The molecule has 0 atom stereocenters. The van der Waals surface area contributed by atoms with Crippen LogP contribution in [0.25, 0.3) is 0 Å². The number of carbonyl (C=O) groups excluding carboxylic acids is 1. The normalized spacial score (nSPS) is 10.3. The average molecular weight is 324 g/mol. The zero-order chi connectivity index (χ0) is 15.2. The van der Waals surface area contributed by atoms with Crippen LogP contribution in [0, 0.1) is 0 Å². The lowest BCUT2D eigenvalue weighted by atomic mass is 10.1. The van der Waals surface area contributed by atoms with E-state index in [1.165, 1.54) is 35.2 Å². The topological polar surface area (TPSA) is 118 Å². The Balaban J connectivity index is 1.77. The minimum absolute atomic E-state index is 0.143. The van der Waals surface area contributed by atoms with Crippen molar-refractivity contribution in [3.05, 3.63) is 35.4 Å². The number of rotatable bonds is 6. The molecule has 0 aliphatic rings. The molecule has 2 aromatic rings. The van der Waals surface area contributed by atoms with Gasteiger partial charge in [-0.1, -0.05) is 35.2 Å². The summed E-state index contributed by atoms with van der Waals surface area (Å²) in [5, 5.41) is 19.4. The molecule has 0 aliphatic carbocycles. The SMILES string of the molecule is Nc1nnc(SCC(=O)NCc2ccc(C(=O)O)cc2)s1. The Hall–Kier alpha value is -2.13. The van der Waals surface area contributed by atoms with Crippen LogP contribution in [0.4, 0.5) is 5.13 Å². The van der Waals surface area contributed by atoms with Crippen LogP contribution in [0.1, 0.15) is 15.9 Å². The van der Waals surface area contributed by atoms with Gasteiger partial charge in [-0.25, -0.2) is 4.79 Å². The van der Waals surface area contributed by atoms with Gasteiger partial charge in [0.2, 0.25) is 11.0 Å². The number of carboxylic acid groups (broad SMARTS) is 1. The minimum Gasteiger partial charge on any atom is -0.478 e. The number of aromatic nitrogens is 2. The van der Waals surface area contributed by atoms with Gasteiger partial charge in [-0.05, 0) is 17.7 Å². The van der Waals surface area contributed by atoms with Crippen molar-refractivity contribution in [2.24, 2.45) is 0 Å². The molecular formula is C12H12N4O3S2. The van der Waals surface area contributed by atoms with Crippen LogP contribution in [-0.4, -0.2) is 32.9 Å². The van der Waals surface area contributed by atoms with E-state index in [2.05, 4.69) is 15.5 Å².